The Morgan fingerprint density at radius 1 is 1.61 bits per heavy atom. The summed E-state index contributed by atoms with van der Waals surface area (Å²) in [6.45, 7) is 1.75. The maximum absolute atomic E-state index is 13.1. The van der Waals surface area contributed by atoms with Gasteiger partial charge in [-0.25, -0.2) is 9.37 Å². The summed E-state index contributed by atoms with van der Waals surface area (Å²) >= 11 is 0. The van der Waals surface area contributed by atoms with Crippen LogP contribution in [0.2, 0.25) is 0 Å². The lowest BCUT2D eigenvalue weighted by Crippen LogP contribution is -2.24. The van der Waals surface area contributed by atoms with E-state index in [0.29, 0.717) is 11.5 Å². The molecule has 0 spiro atoms. The second-order valence-corrected chi connectivity index (χ2v) is 4.36. The van der Waals surface area contributed by atoms with Gasteiger partial charge in [-0.3, -0.25) is 10.1 Å². The van der Waals surface area contributed by atoms with E-state index in [-0.39, 0.29) is 24.2 Å². The molecule has 1 aromatic carbocycles. The van der Waals surface area contributed by atoms with Gasteiger partial charge >= 0.3 is 0 Å². The van der Waals surface area contributed by atoms with Crippen LogP contribution in [0, 0.1) is 5.82 Å². The molecule has 0 aliphatic rings. The lowest BCUT2D eigenvalue weighted by atomic mass is 10.2. The van der Waals surface area contributed by atoms with Gasteiger partial charge in [-0.2, -0.15) is 0 Å². The van der Waals surface area contributed by atoms with Crippen LogP contribution in [0.15, 0.2) is 18.2 Å². The number of nitrogens with one attached hydrogen (secondary N) is 1. The molecule has 1 amide bonds. The largest absolute Gasteiger partial charge is 0.327 e. The van der Waals surface area contributed by atoms with Gasteiger partial charge in [0, 0.05) is 25.6 Å². The predicted octanol–water partition coefficient (Wildman–Crippen LogP) is 1.39. The molecule has 0 saturated heterocycles. The predicted molar refractivity (Wildman–Crippen MR) is 67.6 cm³/mol. The Balaban J connectivity index is 2.29. The molecule has 5 nitrogen and oxygen atoms in total. The highest BCUT2D eigenvalue weighted by atomic mass is 19.1. The van der Waals surface area contributed by atoms with Crippen LogP contribution in [-0.4, -0.2) is 21.5 Å². The summed E-state index contributed by atoms with van der Waals surface area (Å²) in [5.74, 6) is -0.167. The number of fused-ring (bicyclic) bond motifs is 1. The molecular weight excluding hydrogens is 235 g/mol. The fourth-order valence-corrected chi connectivity index (χ4v) is 1.75. The number of aryl methyl sites for hydroxylation is 1. The zero-order valence-corrected chi connectivity index (χ0v) is 10.3. The normalized spacial score (nSPS) is 12.7. The highest BCUT2D eigenvalue weighted by molar-refractivity contribution is 5.91. The van der Waals surface area contributed by atoms with Crippen LogP contribution in [-0.2, 0) is 11.8 Å². The first-order valence-electron chi connectivity index (χ1n) is 5.65. The number of hydrogen-bond donors (Lipinski definition) is 2. The number of halogens is 1. The molecule has 3 N–H and O–H groups in total. The first-order chi connectivity index (χ1) is 8.47. The summed E-state index contributed by atoms with van der Waals surface area (Å²) in [7, 11) is 1.76. The molecule has 96 valence electrons. The highest BCUT2D eigenvalue weighted by Crippen LogP contribution is 2.19. The van der Waals surface area contributed by atoms with Crippen molar-refractivity contribution in [1.29, 1.82) is 0 Å². The third-order valence-electron chi connectivity index (χ3n) is 2.60. The minimum atomic E-state index is -0.353. The van der Waals surface area contributed by atoms with Crippen LogP contribution in [0.4, 0.5) is 10.3 Å². The first kappa shape index (κ1) is 12.5. The third kappa shape index (κ3) is 2.48. The van der Waals surface area contributed by atoms with Crippen molar-refractivity contribution in [2.45, 2.75) is 19.4 Å². The van der Waals surface area contributed by atoms with E-state index in [4.69, 9.17) is 5.73 Å². The van der Waals surface area contributed by atoms with Gasteiger partial charge in [-0.15, -0.1) is 0 Å². The molecule has 1 atom stereocenters. The number of amides is 1. The van der Waals surface area contributed by atoms with Crippen molar-refractivity contribution in [3.05, 3.63) is 24.0 Å². The SMILES string of the molecule is CC(N)CC(=O)Nc1nc2cc(F)ccc2n1C. The highest BCUT2D eigenvalue weighted by Gasteiger charge is 2.12. The number of carbonyl (C=O) groups is 1. The van der Waals surface area contributed by atoms with Crippen LogP contribution in [0.25, 0.3) is 11.0 Å². The third-order valence-corrected chi connectivity index (χ3v) is 2.60. The van der Waals surface area contributed by atoms with Crippen molar-refractivity contribution < 1.29 is 9.18 Å². The fourth-order valence-electron chi connectivity index (χ4n) is 1.75. The van der Waals surface area contributed by atoms with Crippen molar-refractivity contribution in [3.8, 4) is 0 Å². The topological polar surface area (TPSA) is 72.9 Å². The molecule has 0 saturated carbocycles. The van der Waals surface area contributed by atoms with Gasteiger partial charge in [0.1, 0.15) is 5.82 Å². The molecule has 1 aromatic heterocycles. The Hall–Kier alpha value is -1.95. The second-order valence-electron chi connectivity index (χ2n) is 4.36. The number of benzene rings is 1. The van der Waals surface area contributed by atoms with E-state index < -0.39 is 0 Å². The molecule has 6 heteroatoms. The molecular formula is C12H15FN4O. The van der Waals surface area contributed by atoms with Crippen LogP contribution in [0.3, 0.4) is 0 Å². The number of rotatable bonds is 3. The van der Waals surface area contributed by atoms with E-state index in [1.165, 1.54) is 12.1 Å². The number of nitrogens with two attached hydrogens (primary N) is 1. The Bertz CT molecular complexity index is 591. The standard InChI is InChI=1S/C12H15FN4O/c1-7(14)5-11(18)16-12-15-9-6-8(13)3-4-10(9)17(12)2/h3-4,6-7H,5,14H2,1-2H3,(H,15,16,18). The lowest BCUT2D eigenvalue weighted by molar-refractivity contribution is -0.116. The monoisotopic (exact) mass is 250 g/mol. The van der Waals surface area contributed by atoms with Crippen molar-refractivity contribution in [3.63, 3.8) is 0 Å². The maximum atomic E-state index is 13.1. The average molecular weight is 250 g/mol. The van der Waals surface area contributed by atoms with E-state index in [0.717, 1.165) is 5.52 Å². The van der Waals surface area contributed by atoms with Gasteiger partial charge < -0.3 is 10.3 Å². The minimum Gasteiger partial charge on any atom is -0.327 e. The van der Waals surface area contributed by atoms with E-state index >= 15 is 0 Å². The van der Waals surface area contributed by atoms with Crippen molar-refractivity contribution >= 4 is 22.9 Å². The average Bonchev–Trinajstić information content (AvgIpc) is 2.54. The van der Waals surface area contributed by atoms with E-state index in [2.05, 4.69) is 10.3 Å². The van der Waals surface area contributed by atoms with E-state index in [1.54, 1.807) is 24.6 Å². The zero-order chi connectivity index (χ0) is 13.3. The summed E-state index contributed by atoms with van der Waals surface area (Å²) in [5.41, 5.74) is 6.81. The molecule has 1 heterocycles. The fraction of sp³-hybridized carbons (Fsp3) is 0.333. The van der Waals surface area contributed by atoms with Gasteiger partial charge in [0.15, 0.2) is 0 Å². The number of hydrogen-bond acceptors (Lipinski definition) is 3. The number of carbonyl (C=O) groups excluding carboxylic acids is 1. The molecule has 2 aromatic rings. The quantitative estimate of drug-likeness (QED) is 0.864. The Morgan fingerprint density at radius 3 is 3.00 bits per heavy atom. The van der Waals surface area contributed by atoms with Gasteiger partial charge in [-0.1, -0.05) is 0 Å². The summed E-state index contributed by atoms with van der Waals surface area (Å²) in [6.07, 6.45) is 0.220. The Labute approximate surface area is 104 Å². The number of aromatic nitrogens is 2. The van der Waals surface area contributed by atoms with Crippen molar-refractivity contribution in [2.75, 3.05) is 5.32 Å². The number of imidazole rings is 1. The van der Waals surface area contributed by atoms with Gasteiger partial charge in [0.05, 0.1) is 11.0 Å². The molecule has 0 fully saturated rings. The summed E-state index contributed by atoms with van der Waals surface area (Å²) in [5, 5.41) is 2.66. The smallest absolute Gasteiger partial charge is 0.228 e. The molecule has 0 aliphatic heterocycles. The summed E-state index contributed by atoms with van der Waals surface area (Å²) in [4.78, 5) is 15.8. The zero-order valence-electron chi connectivity index (χ0n) is 10.3. The van der Waals surface area contributed by atoms with E-state index in [9.17, 15) is 9.18 Å². The van der Waals surface area contributed by atoms with Gasteiger partial charge in [0.25, 0.3) is 0 Å². The molecule has 0 bridgehead atoms. The second kappa shape index (κ2) is 4.73. The molecule has 0 radical (unpaired) electrons. The summed E-state index contributed by atoms with van der Waals surface area (Å²) in [6, 6.07) is 4.10. The molecule has 18 heavy (non-hydrogen) atoms. The Morgan fingerprint density at radius 2 is 2.33 bits per heavy atom. The number of nitrogens with zero attached hydrogens (tertiary/aromatic N) is 2. The first-order valence-corrected chi connectivity index (χ1v) is 5.65. The van der Waals surface area contributed by atoms with Gasteiger partial charge in [0.2, 0.25) is 11.9 Å². The van der Waals surface area contributed by atoms with Crippen LogP contribution in [0.5, 0.6) is 0 Å². The minimum absolute atomic E-state index is 0.205. The van der Waals surface area contributed by atoms with Crippen LogP contribution < -0.4 is 11.1 Å². The molecule has 1 unspecified atom stereocenters. The number of anilines is 1. The van der Waals surface area contributed by atoms with Crippen molar-refractivity contribution in [1.82, 2.24) is 9.55 Å². The molecule has 0 aliphatic carbocycles. The van der Waals surface area contributed by atoms with Crippen LogP contribution in [0.1, 0.15) is 13.3 Å². The van der Waals surface area contributed by atoms with Gasteiger partial charge in [-0.05, 0) is 19.1 Å². The van der Waals surface area contributed by atoms with Crippen LogP contribution >= 0.6 is 0 Å². The van der Waals surface area contributed by atoms with Crippen molar-refractivity contribution in [2.24, 2.45) is 12.8 Å². The lowest BCUT2D eigenvalue weighted by Gasteiger charge is -2.06. The molecule has 2 rings (SSSR count). The maximum Gasteiger partial charge on any atom is 0.228 e. The van der Waals surface area contributed by atoms with E-state index in [1.807, 2.05) is 0 Å². The Kier molecular flexibility index (Phi) is 3.29. The summed E-state index contributed by atoms with van der Waals surface area (Å²) < 4.78 is 14.8.